The van der Waals surface area contributed by atoms with Crippen molar-refractivity contribution in [2.24, 2.45) is 0 Å². The average molecular weight is 426 g/mol. The summed E-state index contributed by atoms with van der Waals surface area (Å²) in [7, 11) is -1.07. The van der Waals surface area contributed by atoms with Crippen molar-refractivity contribution >= 4 is 31.9 Å². The van der Waals surface area contributed by atoms with Crippen molar-refractivity contribution in [2.75, 3.05) is 14.2 Å². The van der Waals surface area contributed by atoms with E-state index in [0.717, 1.165) is 10.0 Å². The molecule has 0 aromatic heterocycles. The number of halogens is 1. The lowest BCUT2D eigenvalue weighted by atomic mass is 9.91. The monoisotopic (exact) mass is 425 g/mol. The highest BCUT2D eigenvalue weighted by Crippen LogP contribution is 2.37. The van der Waals surface area contributed by atoms with E-state index in [1.165, 1.54) is 20.3 Å². The number of hydrogen-bond donors (Lipinski definition) is 1. The van der Waals surface area contributed by atoms with Gasteiger partial charge in [0.1, 0.15) is 0 Å². The zero-order valence-corrected chi connectivity index (χ0v) is 16.0. The van der Waals surface area contributed by atoms with Crippen LogP contribution in [0.4, 0.5) is 0 Å². The molecule has 2 aromatic carbocycles. The fourth-order valence-electron chi connectivity index (χ4n) is 2.85. The summed E-state index contributed by atoms with van der Waals surface area (Å²) in [5.74, 6) is -0.472. The molecule has 0 fully saturated rings. The fourth-order valence-corrected chi connectivity index (χ4v) is 4.38. The smallest absolute Gasteiger partial charge is 0.264 e. The average Bonchev–Trinajstić information content (AvgIpc) is 2.68. The SMILES string of the molecule is COc1cc2c(cc1OC)S(=O)(=O)NC(=O)C(c1ccc(Br)cc1)C2. The van der Waals surface area contributed by atoms with Crippen LogP contribution in [0, 0.1) is 0 Å². The van der Waals surface area contributed by atoms with Crippen LogP contribution in [0.15, 0.2) is 45.8 Å². The number of benzene rings is 2. The van der Waals surface area contributed by atoms with Gasteiger partial charge in [-0.25, -0.2) is 13.1 Å². The van der Waals surface area contributed by atoms with Gasteiger partial charge in [0, 0.05) is 10.5 Å². The molecule has 1 amide bonds. The van der Waals surface area contributed by atoms with Gasteiger partial charge < -0.3 is 9.47 Å². The third kappa shape index (κ3) is 3.36. The van der Waals surface area contributed by atoms with Crippen LogP contribution in [0.25, 0.3) is 0 Å². The molecule has 0 radical (unpaired) electrons. The Morgan fingerprint density at radius 2 is 1.68 bits per heavy atom. The molecule has 1 atom stereocenters. The zero-order chi connectivity index (χ0) is 18.2. The van der Waals surface area contributed by atoms with E-state index in [4.69, 9.17) is 9.47 Å². The molecule has 8 heteroatoms. The Morgan fingerprint density at radius 3 is 2.28 bits per heavy atom. The van der Waals surface area contributed by atoms with Gasteiger partial charge in [0.2, 0.25) is 5.91 Å². The van der Waals surface area contributed by atoms with E-state index < -0.39 is 21.8 Å². The zero-order valence-electron chi connectivity index (χ0n) is 13.6. The normalized spacial score (nSPS) is 18.7. The molecule has 1 unspecified atom stereocenters. The predicted molar refractivity (Wildman–Crippen MR) is 95.5 cm³/mol. The molecule has 0 bridgehead atoms. The number of ether oxygens (including phenoxy) is 2. The Bertz CT molecular complexity index is 925. The van der Waals surface area contributed by atoms with E-state index in [-0.39, 0.29) is 11.3 Å². The summed E-state index contributed by atoms with van der Waals surface area (Å²) in [6.07, 6.45) is 0.238. The molecule has 0 saturated carbocycles. The first kappa shape index (κ1) is 17.8. The lowest BCUT2D eigenvalue weighted by molar-refractivity contribution is -0.120. The number of nitrogens with one attached hydrogen (secondary N) is 1. The summed E-state index contributed by atoms with van der Waals surface area (Å²) >= 11 is 3.35. The molecule has 1 aliphatic heterocycles. The van der Waals surface area contributed by atoms with Crippen LogP contribution in [0.1, 0.15) is 17.0 Å². The van der Waals surface area contributed by atoms with Crippen molar-refractivity contribution in [3.63, 3.8) is 0 Å². The molecule has 1 aliphatic rings. The van der Waals surface area contributed by atoms with Crippen LogP contribution in [0.2, 0.25) is 0 Å². The Kier molecular flexibility index (Phi) is 4.75. The van der Waals surface area contributed by atoms with Gasteiger partial charge >= 0.3 is 0 Å². The Hall–Kier alpha value is -2.06. The van der Waals surface area contributed by atoms with Gasteiger partial charge in [-0.15, -0.1) is 0 Å². The van der Waals surface area contributed by atoms with Gasteiger partial charge in [-0.1, -0.05) is 28.1 Å². The molecule has 2 aromatic rings. The fraction of sp³-hybridized carbons (Fsp3) is 0.235. The molecule has 1 heterocycles. The third-order valence-electron chi connectivity index (χ3n) is 4.10. The summed E-state index contributed by atoms with van der Waals surface area (Å²) in [6.45, 7) is 0. The number of carbonyl (C=O) groups excluding carboxylic acids is 1. The summed E-state index contributed by atoms with van der Waals surface area (Å²) in [6, 6.07) is 10.2. The van der Waals surface area contributed by atoms with E-state index in [0.29, 0.717) is 17.1 Å². The first-order valence-corrected chi connectivity index (χ1v) is 9.70. The van der Waals surface area contributed by atoms with Crippen LogP contribution in [0.3, 0.4) is 0 Å². The number of carbonyl (C=O) groups is 1. The maximum atomic E-state index is 12.6. The first-order chi connectivity index (χ1) is 11.9. The Balaban J connectivity index is 2.15. The van der Waals surface area contributed by atoms with E-state index in [9.17, 15) is 13.2 Å². The molecule has 0 aliphatic carbocycles. The van der Waals surface area contributed by atoms with Crippen LogP contribution in [0.5, 0.6) is 11.5 Å². The van der Waals surface area contributed by atoms with Crippen molar-refractivity contribution in [1.82, 2.24) is 4.72 Å². The lowest BCUT2D eigenvalue weighted by Gasteiger charge is -2.14. The molecule has 132 valence electrons. The van der Waals surface area contributed by atoms with Crippen molar-refractivity contribution in [3.8, 4) is 11.5 Å². The first-order valence-electron chi connectivity index (χ1n) is 7.42. The highest BCUT2D eigenvalue weighted by molar-refractivity contribution is 9.10. The van der Waals surface area contributed by atoms with Gasteiger partial charge in [0.05, 0.1) is 25.0 Å². The molecule has 0 spiro atoms. The molecule has 1 N–H and O–H groups in total. The highest BCUT2D eigenvalue weighted by Gasteiger charge is 2.34. The summed E-state index contributed by atoms with van der Waals surface area (Å²) in [4.78, 5) is 12.6. The second kappa shape index (κ2) is 6.68. The third-order valence-corrected chi connectivity index (χ3v) is 6.06. The van der Waals surface area contributed by atoms with Gasteiger partial charge in [0.25, 0.3) is 10.0 Å². The van der Waals surface area contributed by atoms with Crippen LogP contribution < -0.4 is 14.2 Å². The van der Waals surface area contributed by atoms with Crippen molar-refractivity contribution < 1.29 is 22.7 Å². The van der Waals surface area contributed by atoms with Crippen molar-refractivity contribution in [2.45, 2.75) is 17.2 Å². The maximum Gasteiger partial charge on any atom is 0.264 e. The highest BCUT2D eigenvalue weighted by atomic mass is 79.9. The lowest BCUT2D eigenvalue weighted by Crippen LogP contribution is -2.32. The van der Waals surface area contributed by atoms with Gasteiger partial charge in [-0.2, -0.15) is 0 Å². The van der Waals surface area contributed by atoms with Gasteiger partial charge in [-0.3, -0.25) is 4.79 Å². The number of rotatable bonds is 3. The summed E-state index contributed by atoms with van der Waals surface area (Å²) < 4.78 is 38.6. The summed E-state index contributed by atoms with van der Waals surface area (Å²) in [5.41, 5.74) is 1.24. The van der Waals surface area contributed by atoms with E-state index in [1.807, 2.05) is 12.1 Å². The molecular formula is C17H16BrNO5S. The van der Waals surface area contributed by atoms with E-state index >= 15 is 0 Å². The van der Waals surface area contributed by atoms with Gasteiger partial charge in [-0.05, 0) is 35.7 Å². The van der Waals surface area contributed by atoms with Gasteiger partial charge in [0.15, 0.2) is 11.5 Å². The largest absolute Gasteiger partial charge is 0.493 e. The van der Waals surface area contributed by atoms with Crippen molar-refractivity contribution in [1.29, 1.82) is 0 Å². The molecule has 3 rings (SSSR count). The number of fused-ring (bicyclic) bond motifs is 1. The topological polar surface area (TPSA) is 81.7 Å². The number of hydrogen-bond acceptors (Lipinski definition) is 5. The number of methoxy groups -OCH3 is 2. The summed E-state index contributed by atoms with van der Waals surface area (Å²) in [5, 5.41) is 0. The quantitative estimate of drug-likeness (QED) is 0.816. The minimum absolute atomic E-state index is 0.0260. The molecule has 6 nitrogen and oxygen atoms in total. The van der Waals surface area contributed by atoms with E-state index in [1.54, 1.807) is 18.2 Å². The predicted octanol–water partition coefficient (Wildman–Crippen LogP) is 2.61. The minimum atomic E-state index is -3.98. The maximum absolute atomic E-state index is 12.6. The van der Waals surface area contributed by atoms with Crippen LogP contribution >= 0.6 is 15.9 Å². The van der Waals surface area contributed by atoms with Crippen LogP contribution in [-0.4, -0.2) is 28.5 Å². The van der Waals surface area contributed by atoms with Crippen LogP contribution in [-0.2, 0) is 21.2 Å². The Morgan fingerprint density at radius 1 is 1.08 bits per heavy atom. The standard InChI is InChI=1S/C17H16BrNO5S/c1-23-14-8-11-7-13(10-3-5-12(18)6-4-10)17(20)19-25(21,22)16(11)9-15(14)24-2/h3-6,8-9,13H,7H2,1-2H3,(H,19,20). The second-order valence-electron chi connectivity index (χ2n) is 5.59. The molecule has 25 heavy (non-hydrogen) atoms. The molecule has 0 saturated heterocycles. The molecular weight excluding hydrogens is 410 g/mol. The minimum Gasteiger partial charge on any atom is -0.493 e. The number of sulfonamides is 1. The van der Waals surface area contributed by atoms with E-state index in [2.05, 4.69) is 20.7 Å². The Labute approximate surface area is 154 Å². The number of amides is 1. The second-order valence-corrected chi connectivity index (χ2v) is 8.16. The van der Waals surface area contributed by atoms with Crippen molar-refractivity contribution in [3.05, 3.63) is 52.0 Å².